The molecule has 0 bridgehead atoms. The average molecular weight is 578 g/mol. The Hall–Kier alpha value is -3.25. The van der Waals surface area contributed by atoms with Crippen molar-refractivity contribution in [1.29, 1.82) is 0 Å². The number of hydrogen-bond donors (Lipinski definition) is 1. The molecule has 1 atom stereocenters. The van der Waals surface area contributed by atoms with Crippen LogP contribution in [-0.4, -0.2) is 58.8 Å². The number of nitrogens with one attached hydrogen (secondary N) is 1. The van der Waals surface area contributed by atoms with Crippen molar-refractivity contribution < 1.29 is 13.9 Å². The van der Waals surface area contributed by atoms with Crippen LogP contribution in [-0.2, 0) is 30.5 Å². The van der Waals surface area contributed by atoms with Crippen molar-refractivity contribution in [3.63, 3.8) is 0 Å². The Morgan fingerprint density at radius 2 is 2.03 bits per heavy atom. The summed E-state index contributed by atoms with van der Waals surface area (Å²) < 4.78 is 20.7. The molecule has 1 unspecified atom stereocenters. The Morgan fingerprint density at radius 1 is 1.21 bits per heavy atom. The number of para-hydroxylation sites is 1. The van der Waals surface area contributed by atoms with Gasteiger partial charge < -0.3 is 0 Å². The van der Waals surface area contributed by atoms with Crippen LogP contribution in [0.25, 0.3) is 22.3 Å². The molecule has 4 aromatic rings. The van der Waals surface area contributed by atoms with Crippen LogP contribution in [0.3, 0.4) is 0 Å². The van der Waals surface area contributed by atoms with Gasteiger partial charge in [-0.2, -0.15) is 0 Å². The first-order chi connectivity index (χ1) is 18.2. The number of H-pyrrole nitrogens is 1. The van der Waals surface area contributed by atoms with Crippen molar-refractivity contribution in [2.45, 2.75) is 64.3 Å². The predicted octanol–water partition coefficient (Wildman–Crippen LogP) is 4.74. The van der Waals surface area contributed by atoms with Crippen LogP contribution in [0.15, 0.2) is 42.7 Å². The third kappa shape index (κ3) is 5.75. The molecule has 0 fully saturated rings. The topological polar surface area (TPSA) is 84.0 Å². The molecule has 3 aromatic heterocycles. The molecule has 0 aliphatic carbocycles. The number of benzene rings is 1. The van der Waals surface area contributed by atoms with Gasteiger partial charge in [0.05, 0.1) is 0 Å². The van der Waals surface area contributed by atoms with Crippen molar-refractivity contribution in [2.24, 2.45) is 0 Å². The van der Waals surface area contributed by atoms with Gasteiger partial charge in [-0.05, 0) is 0 Å². The van der Waals surface area contributed by atoms with Crippen LogP contribution in [0.1, 0.15) is 50.2 Å². The number of aromatic nitrogens is 4. The Morgan fingerprint density at radius 3 is 2.79 bits per heavy atom. The fourth-order valence-corrected chi connectivity index (χ4v) is 7.56. The van der Waals surface area contributed by atoms with Gasteiger partial charge in [0.15, 0.2) is 0 Å². The molecule has 9 heteroatoms. The SMILES string of the molecule is CCc1[nH]c2ccccc2c1CC[AsH]c1nc(-c2cncc(F)c2)nc2c1CCN(C(=O)OC(C)(C)C)C2. The van der Waals surface area contributed by atoms with Gasteiger partial charge in [0.1, 0.15) is 0 Å². The summed E-state index contributed by atoms with van der Waals surface area (Å²) in [5.41, 5.74) is 5.78. The summed E-state index contributed by atoms with van der Waals surface area (Å²) in [6, 6.07) is 9.88. The maximum atomic E-state index is 14.0. The standard InChI is InChI=1S/C29H33AsFN5O2/c1-5-23-21(20-8-6-7-9-24(20)33-23)10-12-30-26-22-11-13-36(28(37)38-29(2,3)4)17-25(22)34-27(35-26)18-14-19(31)16-32-15-18/h6-9,14-16,30,33H,5,10-13,17H2,1-4H3. The fourth-order valence-electron chi connectivity index (χ4n) is 4.87. The van der Waals surface area contributed by atoms with Crippen LogP contribution in [0.5, 0.6) is 0 Å². The fraction of sp³-hybridized carbons (Fsp3) is 0.379. The summed E-state index contributed by atoms with van der Waals surface area (Å²) in [6.45, 7) is 8.68. The van der Waals surface area contributed by atoms with Crippen LogP contribution in [0.2, 0.25) is 5.21 Å². The Bertz CT molecular complexity index is 1480. The van der Waals surface area contributed by atoms with Crippen LogP contribution in [0.4, 0.5) is 9.18 Å². The molecule has 1 aliphatic rings. The number of aryl methyl sites for hydroxylation is 2. The van der Waals surface area contributed by atoms with E-state index in [2.05, 4.69) is 41.2 Å². The van der Waals surface area contributed by atoms with E-state index in [0.29, 0.717) is 30.9 Å². The molecular formula is C29H33AsFN5O2. The summed E-state index contributed by atoms with van der Waals surface area (Å²) in [6.07, 6.45) is 5.04. The van der Waals surface area contributed by atoms with Gasteiger partial charge in [-0.1, -0.05) is 0 Å². The Labute approximate surface area is 228 Å². The summed E-state index contributed by atoms with van der Waals surface area (Å²) in [5, 5.41) is 2.33. The third-order valence-corrected chi connectivity index (χ3v) is 9.22. The van der Waals surface area contributed by atoms with Crippen molar-refractivity contribution in [3.8, 4) is 11.4 Å². The van der Waals surface area contributed by atoms with Gasteiger partial charge in [-0.3, -0.25) is 0 Å². The molecule has 7 nitrogen and oxygen atoms in total. The van der Waals surface area contributed by atoms with Crippen molar-refractivity contribution in [3.05, 3.63) is 71.1 Å². The summed E-state index contributed by atoms with van der Waals surface area (Å²) in [7, 11) is 0. The zero-order valence-corrected chi connectivity index (χ0v) is 24.4. The van der Waals surface area contributed by atoms with E-state index in [-0.39, 0.29) is 6.09 Å². The normalized spacial score (nSPS) is 13.9. The van der Waals surface area contributed by atoms with Gasteiger partial charge in [0.2, 0.25) is 0 Å². The van der Waals surface area contributed by atoms with Crippen LogP contribution >= 0.6 is 0 Å². The Balaban J connectivity index is 1.43. The average Bonchev–Trinajstić information content (AvgIpc) is 3.25. The first kappa shape index (κ1) is 26.4. The molecule has 0 saturated carbocycles. The predicted molar refractivity (Wildman–Crippen MR) is 149 cm³/mol. The number of aromatic amines is 1. The third-order valence-electron chi connectivity index (χ3n) is 6.60. The minimum absolute atomic E-state index is 0.347. The van der Waals surface area contributed by atoms with E-state index < -0.39 is 27.2 Å². The first-order valence-corrected chi connectivity index (χ1v) is 15.6. The number of rotatable bonds is 6. The number of carbonyl (C=O) groups excluding carboxylic acids is 1. The molecule has 1 N–H and O–H groups in total. The van der Waals surface area contributed by atoms with Gasteiger partial charge in [0, 0.05) is 0 Å². The second-order valence-electron chi connectivity index (χ2n) is 10.5. The molecule has 38 heavy (non-hydrogen) atoms. The molecule has 5 rings (SSSR count). The quantitative estimate of drug-likeness (QED) is 0.335. The van der Waals surface area contributed by atoms with Crippen LogP contribution in [0, 0.1) is 5.82 Å². The number of pyridine rings is 1. The Kier molecular flexibility index (Phi) is 7.53. The van der Waals surface area contributed by atoms with Crippen molar-refractivity contribution >= 4 is 37.2 Å². The van der Waals surface area contributed by atoms with Gasteiger partial charge in [-0.25, -0.2) is 0 Å². The van der Waals surface area contributed by atoms with E-state index in [9.17, 15) is 9.18 Å². The van der Waals surface area contributed by atoms with Crippen molar-refractivity contribution in [1.82, 2.24) is 24.8 Å². The zero-order valence-electron chi connectivity index (χ0n) is 22.3. The first-order valence-electron chi connectivity index (χ1n) is 13.0. The minimum atomic E-state index is -0.621. The van der Waals surface area contributed by atoms with Gasteiger partial charge in [-0.15, -0.1) is 0 Å². The molecule has 0 saturated heterocycles. The molecular weight excluding hydrogens is 544 g/mol. The van der Waals surface area contributed by atoms with Crippen molar-refractivity contribution in [2.75, 3.05) is 6.54 Å². The van der Waals surface area contributed by atoms with E-state index in [4.69, 9.17) is 14.7 Å². The molecule has 198 valence electrons. The van der Waals surface area contributed by atoms with Gasteiger partial charge >= 0.3 is 229 Å². The number of carbonyl (C=O) groups is 1. The second-order valence-corrected chi connectivity index (χ2v) is 13.3. The van der Waals surface area contributed by atoms with Crippen LogP contribution < -0.4 is 4.48 Å². The van der Waals surface area contributed by atoms with E-state index in [1.807, 2.05) is 20.8 Å². The zero-order chi connectivity index (χ0) is 26.9. The monoisotopic (exact) mass is 577 g/mol. The number of nitrogens with zero attached hydrogens (tertiary/aromatic N) is 4. The van der Waals surface area contributed by atoms with E-state index in [1.165, 1.54) is 34.4 Å². The number of fused-ring (bicyclic) bond motifs is 2. The summed E-state index contributed by atoms with van der Waals surface area (Å²) >= 11 is -0.621. The summed E-state index contributed by atoms with van der Waals surface area (Å²) in [4.78, 5) is 31.8. The molecule has 1 amide bonds. The second kappa shape index (κ2) is 10.9. The number of ether oxygens (including phenoxy) is 1. The summed E-state index contributed by atoms with van der Waals surface area (Å²) in [5.74, 6) is 0.0325. The van der Waals surface area contributed by atoms with E-state index >= 15 is 0 Å². The molecule has 0 spiro atoms. The number of amides is 1. The van der Waals surface area contributed by atoms with Gasteiger partial charge in [0.25, 0.3) is 0 Å². The molecule has 4 heterocycles. The molecule has 1 aromatic carbocycles. The number of hydrogen-bond acceptors (Lipinski definition) is 5. The van der Waals surface area contributed by atoms with E-state index in [1.54, 1.807) is 11.1 Å². The molecule has 1 aliphatic heterocycles. The van der Waals surface area contributed by atoms with E-state index in [0.717, 1.165) is 33.8 Å². The maximum absolute atomic E-state index is 14.0. The molecule has 0 radical (unpaired) electrons. The number of halogens is 1.